The van der Waals surface area contributed by atoms with Crippen molar-refractivity contribution in [2.75, 3.05) is 26.7 Å². The number of hydrogen-bond acceptors (Lipinski definition) is 4. The van der Waals surface area contributed by atoms with Gasteiger partial charge in [0.1, 0.15) is 5.82 Å². The van der Waals surface area contributed by atoms with Gasteiger partial charge in [0.25, 0.3) is 0 Å². The zero-order chi connectivity index (χ0) is 23.9. The molecule has 0 bridgehead atoms. The number of halogens is 1. The van der Waals surface area contributed by atoms with Crippen molar-refractivity contribution in [3.05, 3.63) is 35.6 Å². The highest BCUT2D eigenvalue weighted by Gasteiger charge is 2.29. The van der Waals surface area contributed by atoms with Crippen molar-refractivity contribution in [1.82, 2.24) is 10.2 Å². The van der Waals surface area contributed by atoms with Crippen molar-refractivity contribution >= 4 is 11.7 Å². The number of carbonyl (C=O) groups excluding carboxylic acids is 2. The largest absolute Gasteiger partial charge is 0.381 e. The molecule has 2 aliphatic carbocycles. The van der Waals surface area contributed by atoms with Crippen LogP contribution in [0.25, 0.3) is 0 Å². The molecule has 5 nitrogen and oxygen atoms in total. The fraction of sp³-hybridized carbons (Fsp3) is 0.714. The molecule has 1 aliphatic heterocycles. The van der Waals surface area contributed by atoms with E-state index in [2.05, 4.69) is 10.2 Å². The average molecular weight is 473 g/mol. The normalized spacial score (nSPS) is 28.6. The van der Waals surface area contributed by atoms with Gasteiger partial charge in [0.05, 0.1) is 6.10 Å². The standard InChI is InChI=1S/C28H41FN2O3/c1-34-26-11-4-21(18-26)19-27(32)30-25-9-2-20(3-10-25)12-15-31-16-13-23(14-17-31)28(33)22-5-7-24(29)8-6-22/h5-8,20-21,23,25-26H,2-4,9-19H2,1H3,(H,30,32)/t20?,21?,25?,26-/m1/s1. The lowest BCUT2D eigenvalue weighted by Crippen LogP contribution is -2.39. The second-order valence-corrected chi connectivity index (χ2v) is 10.8. The summed E-state index contributed by atoms with van der Waals surface area (Å²) >= 11 is 0. The summed E-state index contributed by atoms with van der Waals surface area (Å²) in [6, 6.07) is 6.30. The van der Waals surface area contributed by atoms with Crippen LogP contribution >= 0.6 is 0 Å². The fourth-order valence-corrected chi connectivity index (χ4v) is 6.21. The number of likely N-dealkylation sites (tertiary alicyclic amines) is 1. The molecule has 0 spiro atoms. The number of benzene rings is 1. The maximum Gasteiger partial charge on any atom is 0.220 e. The van der Waals surface area contributed by atoms with Crippen LogP contribution in [0.5, 0.6) is 0 Å². The van der Waals surface area contributed by atoms with Gasteiger partial charge in [0.15, 0.2) is 5.78 Å². The van der Waals surface area contributed by atoms with Gasteiger partial charge in [0.2, 0.25) is 5.91 Å². The molecule has 0 aromatic heterocycles. The highest BCUT2D eigenvalue weighted by molar-refractivity contribution is 5.97. The van der Waals surface area contributed by atoms with E-state index in [1.807, 2.05) is 0 Å². The minimum Gasteiger partial charge on any atom is -0.381 e. The maximum absolute atomic E-state index is 13.1. The van der Waals surface area contributed by atoms with Gasteiger partial charge in [0, 0.05) is 31.1 Å². The van der Waals surface area contributed by atoms with Gasteiger partial charge in [-0.15, -0.1) is 0 Å². The van der Waals surface area contributed by atoms with Crippen molar-refractivity contribution in [2.24, 2.45) is 17.8 Å². The second kappa shape index (κ2) is 12.3. The first-order chi connectivity index (χ1) is 16.5. The smallest absolute Gasteiger partial charge is 0.220 e. The number of Topliss-reactive ketones (excluding diaryl/α,β-unsaturated/α-hetero) is 1. The lowest BCUT2D eigenvalue weighted by Gasteiger charge is -2.34. The summed E-state index contributed by atoms with van der Waals surface area (Å²) in [4.78, 5) is 27.6. The number of nitrogens with one attached hydrogen (secondary N) is 1. The van der Waals surface area contributed by atoms with Crippen molar-refractivity contribution in [3.63, 3.8) is 0 Å². The predicted molar refractivity (Wildman–Crippen MR) is 131 cm³/mol. The Bertz CT molecular complexity index is 798. The Balaban J connectivity index is 1.09. The highest BCUT2D eigenvalue weighted by Crippen LogP contribution is 2.31. The highest BCUT2D eigenvalue weighted by atomic mass is 19.1. The molecule has 2 atom stereocenters. The molecular formula is C28H41FN2O3. The first kappa shape index (κ1) is 25.3. The number of carbonyl (C=O) groups is 2. The van der Waals surface area contributed by atoms with E-state index >= 15 is 0 Å². The lowest BCUT2D eigenvalue weighted by atomic mass is 9.83. The van der Waals surface area contributed by atoms with Gasteiger partial charge < -0.3 is 15.0 Å². The summed E-state index contributed by atoms with van der Waals surface area (Å²) < 4.78 is 18.5. The number of amides is 1. The molecule has 1 unspecified atom stereocenters. The Morgan fingerprint density at radius 1 is 0.971 bits per heavy atom. The van der Waals surface area contributed by atoms with Gasteiger partial charge in [-0.3, -0.25) is 9.59 Å². The van der Waals surface area contributed by atoms with Crippen LogP contribution in [0, 0.1) is 23.6 Å². The molecule has 1 saturated heterocycles. The SMILES string of the molecule is CO[C@@H]1CCC(CC(=O)NC2CCC(CCN3CCC(C(=O)c4ccc(F)cc4)CC3)CC2)C1. The second-order valence-electron chi connectivity index (χ2n) is 10.8. The van der Waals surface area contributed by atoms with Gasteiger partial charge in [-0.05, 0) is 120 Å². The van der Waals surface area contributed by atoms with E-state index < -0.39 is 0 Å². The van der Waals surface area contributed by atoms with E-state index in [1.165, 1.54) is 31.4 Å². The molecule has 1 aromatic carbocycles. The minimum absolute atomic E-state index is 0.0605. The number of piperidine rings is 1. The first-order valence-corrected chi connectivity index (χ1v) is 13.3. The van der Waals surface area contributed by atoms with Gasteiger partial charge in [-0.25, -0.2) is 4.39 Å². The molecule has 4 rings (SSSR count). The maximum atomic E-state index is 13.1. The third-order valence-corrected chi connectivity index (χ3v) is 8.45. The monoisotopic (exact) mass is 472 g/mol. The Kier molecular flexibility index (Phi) is 9.12. The van der Waals surface area contributed by atoms with Crippen LogP contribution in [0.15, 0.2) is 24.3 Å². The van der Waals surface area contributed by atoms with Crippen molar-refractivity contribution < 1.29 is 18.7 Å². The number of methoxy groups -OCH3 is 1. The van der Waals surface area contributed by atoms with Crippen molar-refractivity contribution in [2.45, 2.75) is 82.8 Å². The quantitative estimate of drug-likeness (QED) is 0.515. The van der Waals surface area contributed by atoms with Crippen molar-refractivity contribution in [1.29, 1.82) is 0 Å². The third-order valence-electron chi connectivity index (χ3n) is 8.45. The van der Waals surface area contributed by atoms with Gasteiger partial charge in [-0.1, -0.05) is 0 Å². The summed E-state index contributed by atoms with van der Waals surface area (Å²) in [6.45, 7) is 3.03. The van der Waals surface area contributed by atoms with E-state index in [0.717, 1.165) is 70.5 Å². The topological polar surface area (TPSA) is 58.6 Å². The van der Waals surface area contributed by atoms with Crippen LogP contribution in [0.3, 0.4) is 0 Å². The summed E-state index contributed by atoms with van der Waals surface area (Å²) in [7, 11) is 1.77. The number of nitrogens with zero attached hydrogens (tertiary/aromatic N) is 1. The Labute approximate surface area is 203 Å². The fourth-order valence-electron chi connectivity index (χ4n) is 6.21. The number of hydrogen-bond donors (Lipinski definition) is 1. The van der Waals surface area contributed by atoms with E-state index in [-0.39, 0.29) is 23.4 Å². The van der Waals surface area contributed by atoms with E-state index in [1.54, 1.807) is 19.2 Å². The minimum atomic E-state index is -0.299. The summed E-state index contributed by atoms with van der Waals surface area (Å²) in [5, 5.41) is 3.29. The zero-order valence-electron chi connectivity index (χ0n) is 20.6. The van der Waals surface area contributed by atoms with Gasteiger partial charge in [-0.2, -0.15) is 0 Å². The molecule has 1 N–H and O–H groups in total. The summed E-state index contributed by atoms with van der Waals surface area (Å²) in [5.41, 5.74) is 0.631. The zero-order valence-corrected chi connectivity index (χ0v) is 20.6. The average Bonchev–Trinajstić information content (AvgIpc) is 3.31. The van der Waals surface area contributed by atoms with Crippen LogP contribution < -0.4 is 5.32 Å². The Hall–Kier alpha value is -1.79. The molecule has 188 valence electrons. The van der Waals surface area contributed by atoms with Gasteiger partial charge >= 0.3 is 0 Å². The van der Waals surface area contributed by atoms with E-state index in [0.29, 0.717) is 30.0 Å². The van der Waals surface area contributed by atoms with Crippen LogP contribution in [0.1, 0.15) is 81.0 Å². The van der Waals surface area contributed by atoms with Crippen LogP contribution in [-0.4, -0.2) is 55.5 Å². The Morgan fingerprint density at radius 3 is 2.29 bits per heavy atom. The molecule has 1 amide bonds. The number of rotatable bonds is 9. The first-order valence-electron chi connectivity index (χ1n) is 13.3. The molecule has 3 aliphatic rings. The molecule has 1 heterocycles. The molecular weight excluding hydrogens is 431 g/mol. The van der Waals surface area contributed by atoms with E-state index in [9.17, 15) is 14.0 Å². The predicted octanol–water partition coefficient (Wildman–Crippen LogP) is 4.99. The molecule has 1 aromatic rings. The third kappa shape index (κ3) is 7.11. The van der Waals surface area contributed by atoms with Crippen molar-refractivity contribution in [3.8, 4) is 0 Å². The number of ketones is 1. The molecule has 3 fully saturated rings. The van der Waals surface area contributed by atoms with Crippen LogP contribution in [0.4, 0.5) is 4.39 Å². The molecule has 0 radical (unpaired) electrons. The molecule has 2 saturated carbocycles. The van der Waals surface area contributed by atoms with E-state index in [4.69, 9.17) is 4.74 Å². The molecule has 34 heavy (non-hydrogen) atoms. The van der Waals surface area contributed by atoms with Crippen LogP contribution in [0.2, 0.25) is 0 Å². The summed E-state index contributed by atoms with van der Waals surface area (Å²) in [6.07, 6.45) is 11.8. The van der Waals surface area contributed by atoms with Crippen LogP contribution in [-0.2, 0) is 9.53 Å². The number of ether oxygens (including phenoxy) is 1. The lowest BCUT2D eigenvalue weighted by molar-refractivity contribution is -0.123. The molecule has 6 heteroatoms. The Morgan fingerprint density at radius 2 is 1.65 bits per heavy atom. The summed E-state index contributed by atoms with van der Waals surface area (Å²) in [5.74, 6) is 1.37.